The van der Waals surface area contributed by atoms with E-state index < -0.39 is 12.1 Å². The van der Waals surface area contributed by atoms with Crippen molar-refractivity contribution < 1.29 is 14.9 Å². The fourth-order valence-electron chi connectivity index (χ4n) is 1.78. The van der Waals surface area contributed by atoms with Gasteiger partial charge < -0.3 is 20.7 Å². The van der Waals surface area contributed by atoms with Crippen molar-refractivity contribution in [3.8, 4) is 11.5 Å². The van der Waals surface area contributed by atoms with E-state index in [4.69, 9.17) is 10.5 Å². The summed E-state index contributed by atoms with van der Waals surface area (Å²) in [6, 6.07) is 4.25. The molecule has 4 nitrogen and oxygen atoms in total. The molecule has 0 aliphatic rings. The third-order valence-electron chi connectivity index (χ3n) is 2.84. The van der Waals surface area contributed by atoms with E-state index in [9.17, 15) is 10.2 Å². The number of hydrogen-bond donors (Lipinski definition) is 3. The van der Waals surface area contributed by atoms with Crippen molar-refractivity contribution in [1.29, 1.82) is 0 Å². The average molecular weight is 239 g/mol. The molecule has 1 aromatic rings. The van der Waals surface area contributed by atoms with Crippen LogP contribution in [0.4, 0.5) is 0 Å². The van der Waals surface area contributed by atoms with E-state index in [1.807, 2.05) is 0 Å². The number of ether oxygens (including phenoxy) is 1. The summed E-state index contributed by atoms with van der Waals surface area (Å²) in [6.45, 7) is 2.07. The van der Waals surface area contributed by atoms with E-state index in [1.54, 1.807) is 12.1 Å². The smallest absolute Gasteiger partial charge is 0.127 e. The van der Waals surface area contributed by atoms with Crippen molar-refractivity contribution in [1.82, 2.24) is 0 Å². The molecule has 96 valence electrons. The molecule has 1 aromatic carbocycles. The normalized spacial score (nSPS) is 14.4. The maximum Gasteiger partial charge on any atom is 0.127 e. The van der Waals surface area contributed by atoms with Crippen LogP contribution in [0.25, 0.3) is 0 Å². The molecule has 1 rings (SSSR count). The third-order valence-corrected chi connectivity index (χ3v) is 2.84. The van der Waals surface area contributed by atoms with Gasteiger partial charge in [-0.1, -0.05) is 19.8 Å². The van der Waals surface area contributed by atoms with Gasteiger partial charge >= 0.3 is 0 Å². The fraction of sp³-hybridized carbons (Fsp3) is 0.538. The Morgan fingerprint density at radius 1 is 1.41 bits per heavy atom. The van der Waals surface area contributed by atoms with Crippen molar-refractivity contribution in [3.05, 3.63) is 23.8 Å². The summed E-state index contributed by atoms with van der Waals surface area (Å²) >= 11 is 0. The van der Waals surface area contributed by atoms with E-state index in [0.717, 1.165) is 12.8 Å². The quantitative estimate of drug-likeness (QED) is 0.709. The van der Waals surface area contributed by atoms with Crippen LogP contribution in [0.3, 0.4) is 0 Å². The summed E-state index contributed by atoms with van der Waals surface area (Å²) in [6.07, 6.45) is 2.04. The molecule has 0 amide bonds. The molecule has 4 N–H and O–H groups in total. The van der Waals surface area contributed by atoms with Crippen molar-refractivity contribution in [2.45, 2.75) is 38.3 Å². The lowest BCUT2D eigenvalue weighted by Gasteiger charge is -2.21. The van der Waals surface area contributed by atoms with E-state index in [2.05, 4.69) is 6.92 Å². The first-order valence-electron chi connectivity index (χ1n) is 5.90. The first-order valence-corrected chi connectivity index (χ1v) is 5.90. The van der Waals surface area contributed by atoms with Crippen LogP contribution < -0.4 is 10.5 Å². The summed E-state index contributed by atoms with van der Waals surface area (Å²) in [4.78, 5) is 0. The highest BCUT2D eigenvalue weighted by molar-refractivity contribution is 5.42. The predicted octanol–water partition coefficient (Wildman–Crippen LogP) is 1.95. The van der Waals surface area contributed by atoms with Crippen molar-refractivity contribution in [2.75, 3.05) is 7.11 Å². The van der Waals surface area contributed by atoms with Crippen LogP contribution in [0.1, 0.15) is 37.8 Å². The Labute approximate surface area is 102 Å². The van der Waals surface area contributed by atoms with Gasteiger partial charge in [-0.15, -0.1) is 0 Å². The van der Waals surface area contributed by atoms with Crippen molar-refractivity contribution in [2.24, 2.45) is 5.73 Å². The number of phenolic OH excluding ortho intramolecular Hbond substituents is 1. The Bertz CT molecular complexity index is 355. The van der Waals surface area contributed by atoms with Crippen LogP contribution in [0.5, 0.6) is 11.5 Å². The molecule has 0 saturated heterocycles. The zero-order valence-electron chi connectivity index (χ0n) is 10.4. The summed E-state index contributed by atoms with van der Waals surface area (Å²) in [5.41, 5.74) is 6.71. The monoisotopic (exact) mass is 239 g/mol. The first kappa shape index (κ1) is 13.8. The van der Waals surface area contributed by atoms with Crippen LogP contribution in [0.2, 0.25) is 0 Å². The molecule has 17 heavy (non-hydrogen) atoms. The minimum absolute atomic E-state index is 0.126. The van der Waals surface area contributed by atoms with Crippen LogP contribution in [-0.4, -0.2) is 23.4 Å². The number of aliphatic hydroxyl groups is 1. The molecule has 0 aliphatic heterocycles. The molecular formula is C13H21NO3. The van der Waals surface area contributed by atoms with Gasteiger partial charge in [-0.3, -0.25) is 0 Å². The zero-order valence-corrected chi connectivity index (χ0v) is 10.4. The predicted molar refractivity (Wildman–Crippen MR) is 67.1 cm³/mol. The highest BCUT2D eigenvalue weighted by Gasteiger charge is 2.20. The summed E-state index contributed by atoms with van der Waals surface area (Å²) < 4.78 is 5.15. The molecule has 0 aromatic heterocycles. The number of aliphatic hydroxyl groups excluding tert-OH is 1. The lowest BCUT2D eigenvalue weighted by atomic mass is 9.97. The minimum Gasteiger partial charge on any atom is -0.508 e. The Kier molecular flexibility index (Phi) is 5.25. The molecule has 0 aliphatic carbocycles. The number of benzene rings is 1. The maximum atomic E-state index is 9.95. The van der Waals surface area contributed by atoms with Crippen LogP contribution >= 0.6 is 0 Å². The first-order chi connectivity index (χ1) is 8.10. The largest absolute Gasteiger partial charge is 0.508 e. The Balaban J connectivity index is 2.83. The molecular weight excluding hydrogens is 218 g/mol. The van der Waals surface area contributed by atoms with E-state index in [-0.39, 0.29) is 5.75 Å². The lowest BCUT2D eigenvalue weighted by Crippen LogP contribution is -2.26. The number of hydrogen-bond acceptors (Lipinski definition) is 4. The fourth-order valence-corrected chi connectivity index (χ4v) is 1.78. The molecule has 0 saturated carbocycles. The standard InChI is InChI=1S/C13H21NO3/c1-3-4-5-11(16)13(14)10-7-6-9(15)8-12(10)17-2/h6-8,11,13,15-16H,3-5,14H2,1-2H3/t11-,13+/m1/s1. The number of nitrogens with two attached hydrogens (primary N) is 1. The van der Waals surface area contributed by atoms with Crippen molar-refractivity contribution in [3.63, 3.8) is 0 Å². The highest BCUT2D eigenvalue weighted by Crippen LogP contribution is 2.30. The lowest BCUT2D eigenvalue weighted by molar-refractivity contribution is 0.131. The van der Waals surface area contributed by atoms with Gasteiger partial charge in [0, 0.05) is 11.6 Å². The topological polar surface area (TPSA) is 75.7 Å². The molecule has 0 spiro atoms. The second kappa shape index (κ2) is 6.47. The van der Waals surface area contributed by atoms with Gasteiger partial charge in [0.25, 0.3) is 0 Å². The number of phenols is 1. The summed E-state index contributed by atoms with van der Waals surface area (Å²) in [7, 11) is 1.52. The van der Waals surface area contributed by atoms with E-state index in [1.165, 1.54) is 13.2 Å². The van der Waals surface area contributed by atoms with Gasteiger partial charge in [0.15, 0.2) is 0 Å². The molecule has 4 heteroatoms. The second-order valence-electron chi connectivity index (χ2n) is 4.16. The van der Waals surface area contributed by atoms with Gasteiger partial charge in [-0.2, -0.15) is 0 Å². The molecule has 0 radical (unpaired) electrons. The van der Waals surface area contributed by atoms with E-state index in [0.29, 0.717) is 17.7 Å². The number of unbranched alkanes of at least 4 members (excludes halogenated alkanes) is 1. The Morgan fingerprint density at radius 2 is 2.12 bits per heavy atom. The van der Waals surface area contributed by atoms with Crippen LogP contribution in [0.15, 0.2) is 18.2 Å². The number of rotatable bonds is 6. The van der Waals surface area contributed by atoms with Gasteiger partial charge in [0.05, 0.1) is 19.3 Å². The summed E-state index contributed by atoms with van der Waals surface area (Å²) in [5, 5.41) is 19.3. The zero-order chi connectivity index (χ0) is 12.8. The van der Waals surface area contributed by atoms with Crippen LogP contribution in [0, 0.1) is 0 Å². The van der Waals surface area contributed by atoms with Gasteiger partial charge in [0.2, 0.25) is 0 Å². The minimum atomic E-state index is -0.589. The number of aromatic hydroxyl groups is 1. The average Bonchev–Trinajstić information content (AvgIpc) is 2.34. The third kappa shape index (κ3) is 3.61. The Hall–Kier alpha value is -1.26. The molecule has 0 heterocycles. The molecule has 0 unspecified atom stereocenters. The molecule has 0 bridgehead atoms. The van der Waals surface area contributed by atoms with Crippen molar-refractivity contribution >= 4 is 0 Å². The molecule has 0 fully saturated rings. The van der Waals surface area contributed by atoms with Gasteiger partial charge in [-0.05, 0) is 18.6 Å². The van der Waals surface area contributed by atoms with Gasteiger partial charge in [0.1, 0.15) is 11.5 Å². The highest BCUT2D eigenvalue weighted by atomic mass is 16.5. The number of methoxy groups -OCH3 is 1. The SMILES string of the molecule is CCCC[C@@H](O)[C@@H](N)c1ccc(O)cc1OC. The maximum absolute atomic E-state index is 9.95. The summed E-state index contributed by atoms with van der Waals surface area (Å²) in [5.74, 6) is 0.633. The Morgan fingerprint density at radius 3 is 2.71 bits per heavy atom. The van der Waals surface area contributed by atoms with Crippen LogP contribution in [-0.2, 0) is 0 Å². The molecule has 2 atom stereocenters. The second-order valence-corrected chi connectivity index (χ2v) is 4.16. The van der Waals surface area contributed by atoms with Gasteiger partial charge in [-0.25, -0.2) is 0 Å². The van der Waals surface area contributed by atoms with E-state index >= 15 is 0 Å².